The Bertz CT molecular complexity index is 560. The van der Waals surface area contributed by atoms with Crippen molar-refractivity contribution < 1.29 is 14.3 Å². The van der Waals surface area contributed by atoms with Crippen molar-refractivity contribution in [2.75, 3.05) is 6.54 Å². The van der Waals surface area contributed by atoms with Gasteiger partial charge < -0.3 is 15.4 Å². The summed E-state index contributed by atoms with van der Waals surface area (Å²) in [6, 6.07) is 10.1. The summed E-state index contributed by atoms with van der Waals surface area (Å²) in [5, 5.41) is 5.87. The molecule has 132 valence electrons. The second-order valence-electron chi connectivity index (χ2n) is 7.38. The lowest BCUT2D eigenvalue weighted by molar-refractivity contribution is -0.124. The second-order valence-corrected chi connectivity index (χ2v) is 7.38. The number of amides is 2. The lowest BCUT2D eigenvalue weighted by Gasteiger charge is -2.43. The quantitative estimate of drug-likeness (QED) is 0.784. The van der Waals surface area contributed by atoms with Crippen molar-refractivity contribution in [2.24, 2.45) is 0 Å². The second kappa shape index (κ2) is 7.69. The molecule has 1 aliphatic carbocycles. The molecule has 0 radical (unpaired) electrons. The number of carbonyl (C=O) groups excluding carboxylic acids is 2. The highest BCUT2D eigenvalue weighted by Gasteiger charge is 2.39. The Morgan fingerprint density at radius 2 is 1.83 bits per heavy atom. The lowest BCUT2D eigenvalue weighted by Crippen LogP contribution is -2.50. The predicted molar refractivity (Wildman–Crippen MR) is 93.6 cm³/mol. The predicted octanol–water partition coefficient (Wildman–Crippen LogP) is 3.49. The summed E-state index contributed by atoms with van der Waals surface area (Å²) in [4.78, 5) is 23.8. The van der Waals surface area contributed by atoms with Gasteiger partial charge in [0.05, 0.1) is 5.54 Å². The summed E-state index contributed by atoms with van der Waals surface area (Å²) in [7, 11) is 0. The third-order valence-electron chi connectivity index (χ3n) is 4.16. The van der Waals surface area contributed by atoms with Gasteiger partial charge in [0, 0.05) is 13.0 Å². The summed E-state index contributed by atoms with van der Waals surface area (Å²) in [6.45, 7) is 5.89. The molecule has 2 rings (SSSR count). The first-order chi connectivity index (χ1) is 11.3. The molecule has 0 unspecified atom stereocenters. The van der Waals surface area contributed by atoms with Crippen molar-refractivity contribution in [3.63, 3.8) is 0 Å². The average molecular weight is 332 g/mol. The normalized spacial score (nSPS) is 16.0. The largest absolute Gasteiger partial charge is 0.444 e. The molecule has 0 saturated heterocycles. The summed E-state index contributed by atoms with van der Waals surface area (Å²) in [5.41, 5.74) is 0.474. The van der Waals surface area contributed by atoms with Crippen LogP contribution in [0.4, 0.5) is 4.79 Å². The topological polar surface area (TPSA) is 67.4 Å². The van der Waals surface area contributed by atoms with E-state index in [1.807, 2.05) is 39.0 Å². The van der Waals surface area contributed by atoms with Gasteiger partial charge in [0.15, 0.2) is 0 Å². The first-order valence-electron chi connectivity index (χ1n) is 8.64. The first-order valence-corrected chi connectivity index (χ1v) is 8.64. The number of alkyl carbamates (subject to hydrolysis) is 1. The van der Waals surface area contributed by atoms with Crippen LogP contribution >= 0.6 is 0 Å². The van der Waals surface area contributed by atoms with Crippen molar-refractivity contribution >= 4 is 12.0 Å². The molecule has 0 aliphatic heterocycles. The molecule has 0 atom stereocenters. The van der Waals surface area contributed by atoms with E-state index in [0.717, 1.165) is 19.3 Å². The van der Waals surface area contributed by atoms with E-state index in [2.05, 4.69) is 22.8 Å². The van der Waals surface area contributed by atoms with Gasteiger partial charge in [-0.25, -0.2) is 4.79 Å². The molecule has 2 N–H and O–H groups in total. The maximum atomic E-state index is 12.2. The molecular weight excluding hydrogens is 304 g/mol. The zero-order valence-electron chi connectivity index (χ0n) is 14.9. The van der Waals surface area contributed by atoms with Crippen LogP contribution < -0.4 is 10.6 Å². The fourth-order valence-corrected chi connectivity index (χ4v) is 2.86. The number of nitrogens with one attached hydrogen (secondary N) is 2. The Morgan fingerprint density at radius 1 is 1.17 bits per heavy atom. The molecule has 1 aliphatic rings. The van der Waals surface area contributed by atoms with E-state index in [-0.39, 0.29) is 11.4 Å². The molecule has 5 nitrogen and oxygen atoms in total. The number of carbonyl (C=O) groups is 2. The van der Waals surface area contributed by atoms with Crippen LogP contribution in [0.15, 0.2) is 30.3 Å². The van der Waals surface area contributed by atoms with E-state index in [0.29, 0.717) is 19.4 Å². The van der Waals surface area contributed by atoms with Gasteiger partial charge in [0.25, 0.3) is 0 Å². The zero-order valence-corrected chi connectivity index (χ0v) is 14.9. The van der Waals surface area contributed by atoms with E-state index >= 15 is 0 Å². The smallest absolute Gasteiger partial charge is 0.407 e. The molecule has 2 amide bonds. The number of hydrogen-bond donors (Lipinski definition) is 2. The van der Waals surface area contributed by atoms with Gasteiger partial charge in [-0.2, -0.15) is 0 Å². The maximum absolute atomic E-state index is 12.2. The number of benzene rings is 1. The van der Waals surface area contributed by atoms with Crippen LogP contribution in [0.5, 0.6) is 0 Å². The average Bonchev–Trinajstić information content (AvgIpc) is 2.46. The molecule has 0 spiro atoms. The molecule has 1 saturated carbocycles. The van der Waals surface area contributed by atoms with Gasteiger partial charge in [-0.3, -0.25) is 4.79 Å². The van der Waals surface area contributed by atoms with Crippen LogP contribution in [0.2, 0.25) is 0 Å². The van der Waals surface area contributed by atoms with E-state index in [9.17, 15) is 9.59 Å². The minimum Gasteiger partial charge on any atom is -0.444 e. The highest BCUT2D eigenvalue weighted by Crippen LogP contribution is 2.41. The minimum atomic E-state index is -0.506. The third kappa shape index (κ3) is 5.25. The standard InChI is InChI=1S/C19H28N2O3/c1-18(2,3)24-17(23)20-14-7-11-16(22)21-19(12-8-13-19)15-9-5-4-6-10-15/h4-6,9-10H,7-8,11-14H2,1-3H3,(H,20,23)(H,21,22). The van der Waals surface area contributed by atoms with Crippen molar-refractivity contribution in [2.45, 2.75) is 64.0 Å². The van der Waals surface area contributed by atoms with Gasteiger partial charge in [-0.05, 0) is 52.0 Å². The van der Waals surface area contributed by atoms with Crippen molar-refractivity contribution in [1.82, 2.24) is 10.6 Å². The number of ether oxygens (including phenoxy) is 1. The zero-order chi connectivity index (χ0) is 17.6. The molecule has 0 heterocycles. The Morgan fingerprint density at radius 3 is 2.38 bits per heavy atom. The monoisotopic (exact) mass is 332 g/mol. The summed E-state index contributed by atoms with van der Waals surface area (Å²) in [6.07, 6.45) is 3.65. The van der Waals surface area contributed by atoms with Crippen molar-refractivity contribution in [3.05, 3.63) is 35.9 Å². The summed E-state index contributed by atoms with van der Waals surface area (Å²) >= 11 is 0. The van der Waals surface area contributed by atoms with Crippen LogP contribution in [0.1, 0.15) is 58.4 Å². The molecule has 24 heavy (non-hydrogen) atoms. The number of hydrogen-bond acceptors (Lipinski definition) is 3. The molecule has 5 heteroatoms. The molecule has 1 aromatic rings. The Kier molecular flexibility index (Phi) is 5.86. The third-order valence-corrected chi connectivity index (χ3v) is 4.16. The fraction of sp³-hybridized carbons (Fsp3) is 0.579. The van der Waals surface area contributed by atoms with Crippen LogP contribution in [0.25, 0.3) is 0 Å². The van der Waals surface area contributed by atoms with Crippen molar-refractivity contribution in [3.8, 4) is 0 Å². The van der Waals surface area contributed by atoms with E-state index < -0.39 is 11.7 Å². The van der Waals surface area contributed by atoms with Gasteiger partial charge in [-0.1, -0.05) is 30.3 Å². The molecule has 0 aromatic heterocycles. The minimum absolute atomic E-state index is 0.0320. The van der Waals surface area contributed by atoms with Crippen LogP contribution in [-0.2, 0) is 15.1 Å². The summed E-state index contributed by atoms with van der Waals surface area (Å²) in [5.74, 6) is 0.0320. The Labute approximate surface area is 144 Å². The highest BCUT2D eigenvalue weighted by molar-refractivity contribution is 5.77. The van der Waals surface area contributed by atoms with E-state index in [1.54, 1.807) is 0 Å². The molecule has 0 bridgehead atoms. The first kappa shape index (κ1) is 18.3. The number of rotatable bonds is 6. The lowest BCUT2D eigenvalue weighted by atomic mass is 9.71. The molecule has 1 aromatic carbocycles. The summed E-state index contributed by atoms with van der Waals surface area (Å²) < 4.78 is 5.16. The highest BCUT2D eigenvalue weighted by atomic mass is 16.6. The van der Waals surface area contributed by atoms with Gasteiger partial charge in [0.1, 0.15) is 5.60 Å². The van der Waals surface area contributed by atoms with Crippen molar-refractivity contribution in [1.29, 1.82) is 0 Å². The van der Waals surface area contributed by atoms with Gasteiger partial charge in [0.2, 0.25) is 5.91 Å². The Hall–Kier alpha value is -2.04. The van der Waals surface area contributed by atoms with Crippen LogP contribution in [-0.4, -0.2) is 24.1 Å². The fourth-order valence-electron chi connectivity index (χ4n) is 2.86. The van der Waals surface area contributed by atoms with E-state index in [1.165, 1.54) is 5.56 Å². The van der Waals surface area contributed by atoms with E-state index in [4.69, 9.17) is 4.74 Å². The van der Waals surface area contributed by atoms with Gasteiger partial charge >= 0.3 is 6.09 Å². The molecule has 1 fully saturated rings. The maximum Gasteiger partial charge on any atom is 0.407 e. The van der Waals surface area contributed by atoms with Gasteiger partial charge in [-0.15, -0.1) is 0 Å². The SMILES string of the molecule is CC(C)(C)OC(=O)NCCCC(=O)NC1(c2ccccc2)CCC1. The van der Waals surface area contributed by atoms with Crippen LogP contribution in [0.3, 0.4) is 0 Å². The van der Waals surface area contributed by atoms with Crippen LogP contribution in [0, 0.1) is 0 Å². The Balaban J connectivity index is 1.73. The molecular formula is C19H28N2O3.